The highest BCUT2D eigenvalue weighted by molar-refractivity contribution is 9.10. The van der Waals surface area contributed by atoms with Crippen molar-refractivity contribution in [2.45, 2.75) is 12.8 Å². The summed E-state index contributed by atoms with van der Waals surface area (Å²) in [6, 6.07) is 9.14. The topological polar surface area (TPSA) is 60.2 Å². The average molecular weight is 369 g/mol. The molecule has 0 radical (unpaired) electrons. The highest BCUT2D eigenvalue weighted by Crippen LogP contribution is 2.32. The van der Waals surface area contributed by atoms with E-state index in [1.165, 1.54) is 12.8 Å². The van der Waals surface area contributed by atoms with Crippen molar-refractivity contribution in [3.63, 3.8) is 0 Å². The zero-order valence-corrected chi connectivity index (χ0v) is 13.6. The van der Waals surface area contributed by atoms with Crippen LogP contribution < -0.4 is 15.8 Å². The number of anilines is 3. The quantitative estimate of drug-likeness (QED) is 0.809. The van der Waals surface area contributed by atoms with Gasteiger partial charge in [0.2, 0.25) is 5.88 Å². The molecule has 1 aliphatic rings. The molecule has 0 unspecified atom stereocenters. The molecule has 1 heterocycles. The van der Waals surface area contributed by atoms with Crippen LogP contribution in [0.5, 0.6) is 5.88 Å². The number of aromatic nitrogens is 1. The summed E-state index contributed by atoms with van der Waals surface area (Å²) in [5, 5.41) is 3.89. The predicted octanol–water partition coefficient (Wildman–Crippen LogP) is 4.61. The highest BCUT2D eigenvalue weighted by Gasteiger charge is 2.22. The lowest BCUT2D eigenvalue weighted by atomic mass is 10.3. The number of ether oxygens (including phenoxy) is 1. The molecule has 0 amide bonds. The molecule has 110 valence electrons. The fourth-order valence-electron chi connectivity index (χ4n) is 1.85. The van der Waals surface area contributed by atoms with Gasteiger partial charge in [-0.1, -0.05) is 11.6 Å². The first-order valence-corrected chi connectivity index (χ1v) is 7.90. The van der Waals surface area contributed by atoms with E-state index in [2.05, 4.69) is 26.2 Å². The zero-order chi connectivity index (χ0) is 14.8. The molecule has 6 heteroatoms. The summed E-state index contributed by atoms with van der Waals surface area (Å²) >= 11 is 9.40. The number of hydrogen-bond donors (Lipinski definition) is 2. The first-order valence-electron chi connectivity index (χ1n) is 6.73. The minimum absolute atomic E-state index is 0.483. The molecule has 21 heavy (non-hydrogen) atoms. The molecule has 3 rings (SSSR count). The molecule has 0 aliphatic heterocycles. The smallest absolute Gasteiger partial charge is 0.239 e. The Labute approximate surface area is 136 Å². The molecule has 1 aromatic carbocycles. The zero-order valence-electron chi connectivity index (χ0n) is 11.3. The molecule has 3 N–H and O–H groups in total. The number of rotatable bonds is 5. The second-order valence-electron chi connectivity index (χ2n) is 5.09. The first kappa shape index (κ1) is 14.5. The fourth-order valence-corrected chi connectivity index (χ4v) is 2.63. The van der Waals surface area contributed by atoms with Gasteiger partial charge in [-0.2, -0.15) is 4.98 Å². The maximum Gasteiger partial charge on any atom is 0.239 e. The number of nitrogens with zero attached hydrogens (tertiary/aromatic N) is 1. The van der Waals surface area contributed by atoms with Crippen LogP contribution in [0.3, 0.4) is 0 Å². The van der Waals surface area contributed by atoms with E-state index in [1.807, 2.05) is 24.3 Å². The van der Waals surface area contributed by atoms with Crippen molar-refractivity contribution in [3.8, 4) is 5.88 Å². The third kappa shape index (κ3) is 3.80. The monoisotopic (exact) mass is 367 g/mol. The number of nitrogens with two attached hydrogens (primary N) is 1. The average Bonchev–Trinajstić information content (AvgIpc) is 3.26. The molecule has 0 saturated heterocycles. The van der Waals surface area contributed by atoms with Gasteiger partial charge in [-0.15, -0.1) is 0 Å². The van der Waals surface area contributed by atoms with Gasteiger partial charge in [0, 0.05) is 9.50 Å². The molecule has 2 aromatic rings. The summed E-state index contributed by atoms with van der Waals surface area (Å²) in [4.78, 5) is 4.42. The number of hydrogen-bond acceptors (Lipinski definition) is 4. The van der Waals surface area contributed by atoms with Crippen LogP contribution >= 0.6 is 27.5 Å². The summed E-state index contributed by atoms with van der Waals surface area (Å²) < 4.78 is 6.55. The Morgan fingerprint density at radius 3 is 2.86 bits per heavy atom. The normalized spacial score (nSPS) is 14.0. The van der Waals surface area contributed by atoms with Crippen LogP contribution in [0.15, 0.2) is 34.8 Å². The second kappa shape index (κ2) is 6.12. The molecule has 1 saturated carbocycles. The Bertz CT molecular complexity index is 661. The van der Waals surface area contributed by atoms with Crippen LogP contribution in [0.2, 0.25) is 5.02 Å². The Balaban J connectivity index is 1.76. The lowest BCUT2D eigenvalue weighted by Crippen LogP contribution is -2.05. The van der Waals surface area contributed by atoms with Gasteiger partial charge in [-0.25, -0.2) is 0 Å². The standard InChI is InChI=1S/C15H15BrClN3O/c16-11-7-10(17)3-5-13(11)19-14-6-4-12(18)15(20-14)21-8-9-1-2-9/h3-7,9H,1-2,8,18H2,(H,19,20). The van der Waals surface area contributed by atoms with Crippen LogP contribution in [0.25, 0.3) is 0 Å². The van der Waals surface area contributed by atoms with Crippen molar-refractivity contribution in [1.29, 1.82) is 0 Å². The first-order chi connectivity index (χ1) is 10.1. The van der Waals surface area contributed by atoms with Crippen molar-refractivity contribution >= 4 is 44.7 Å². The van der Waals surface area contributed by atoms with E-state index in [1.54, 1.807) is 6.07 Å². The van der Waals surface area contributed by atoms with Crippen molar-refractivity contribution in [3.05, 3.63) is 39.8 Å². The van der Waals surface area contributed by atoms with Crippen LogP contribution in [0, 0.1) is 5.92 Å². The van der Waals surface area contributed by atoms with Crippen molar-refractivity contribution in [2.75, 3.05) is 17.7 Å². The van der Waals surface area contributed by atoms with Gasteiger partial charge in [0.1, 0.15) is 5.82 Å². The van der Waals surface area contributed by atoms with Crippen molar-refractivity contribution in [1.82, 2.24) is 4.98 Å². The van der Waals surface area contributed by atoms with Crippen LogP contribution in [0.4, 0.5) is 17.2 Å². The van der Waals surface area contributed by atoms with E-state index in [9.17, 15) is 0 Å². The van der Waals surface area contributed by atoms with Crippen LogP contribution in [-0.2, 0) is 0 Å². The Morgan fingerprint density at radius 1 is 1.33 bits per heavy atom. The minimum Gasteiger partial charge on any atom is -0.476 e. The van der Waals surface area contributed by atoms with E-state index >= 15 is 0 Å². The maximum absolute atomic E-state index is 5.93. The summed E-state index contributed by atoms with van der Waals surface area (Å²) in [6.45, 7) is 0.686. The van der Waals surface area contributed by atoms with E-state index < -0.39 is 0 Å². The van der Waals surface area contributed by atoms with E-state index in [0.717, 1.165) is 10.2 Å². The van der Waals surface area contributed by atoms with Crippen LogP contribution in [0.1, 0.15) is 12.8 Å². The van der Waals surface area contributed by atoms with Crippen molar-refractivity contribution in [2.24, 2.45) is 5.92 Å². The van der Waals surface area contributed by atoms with Gasteiger partial charge in [0.15, 0.2) is 0 Å². The summed E-state index contributed by atoms with van der Waals surface area (Å²) in [5.41, 5.74) is 7.33. The van der Waals surface area contributed by atoms with Gasteiger partial charge in [0.05, 0.1) is 18.0 Å². The SMILES string of the molecule is Nc1ccc(Nc2ccc(Cl)cc2Br)nc1OCC1CC1. The molecule has 1 aliphatic carbocycles. The lowest BCUT2D eigenvalue weighted by Gasteiger charge is -2.11. The second-order valence-corrected chi connectivity index (χ2v) is 6.39. The molecule has 0 atom stereocenters. The predicted molar refractivity (Wildman–Crippen MR) is 89.3 cm³/mol. The van der Waals surface area contributed by atoms with Gasteiger partial charge >= 0.3 is 0 Å². The molecular formula is C15H15BrClN3O. The summed E-state index contributed by atoms with van der Waals surface area (Å²) in [7, 11) is 0. The molecular weight excluding hydrogens is 354 g/mol. The fraction of sp³-hybridized carbons (Fsp3) is 0.267. The van der Waals surface area contributed by atoms with E-state index in [0.29, 0.717) is 34.9 Å². The molecule has 4 nitrogen and oxygen atoms in total. The minimum atomic E-state index is 0.483. The molecule has 0 spiro atoms. The third-order valence-electron chi connectivity index (χ3n) is 3.24. The van der Waals surface area contributed by atoms with E-state index in [-0.39, 0.29) is 0 Å². The Hall–Kier alpha value is -1.46. The van der Waals surface area contributed by atoms with Gasteiger partial charge in [-0.3, -0.25) is 0 Å². The Morgan fingerprint density at radius 2 is 2.14 bits per heavy atom. The highest BCUT2D eigenvalue weighted by atomic mass is 79.9. The largest absolute Gasteiger partial charge is 0.476 e. The maximum atomic E-state index is 5.93. The molecule has 0 bridgehead atoms. The molecule has 1 fully saturated rings. The van der Waals surface area contributed by atoms with Crippen LogP contribution in [-0.4, -0.2) is 11.6 Å². The van der Waals surface area contributed by atoms with Gasteiger partial charge < -0.3 is 15.8 Å². The number of halogens is 2. The number of nitrogens with one attached hydrogen (secondary N) is 1. The summed E-state index contributed by atoms with van der Waals surface area (Å²) in [6.07, 6.45) is 2.46. The lowest BCUT2D eigenvalue weighted by molar-refractivity contribution is 0.290. The van der Waals surface area contributed by atoms with Crippen molar-refractivity contribution < 1.29 is 4.74 Å². The number of pyridine rings is 1. The number of benzene rings is 1. The third-order valence-corrected chi connectivity index (χ3v) is 4.13. The number of nitrogen functional groups attached to an aromatic ring is 1. The van der Waals surface area contributed by atoms with E-state index in [4.69, 9.17) is 22.1 Å². The Kier molecular flexibility index (Phi) is 4.22. The van der Waals surface area contributed by atoms with Gasteiger partial charge in [0.25, 0.3) is 0 Å². The van der Waals surface area contributed by atoms with Gasteiger partial charge in [-0.05, 0) is 65.0 Å². The molecule has 1 aromatic heterocycles. The summed E-state index contributed by atoms with van der Waals surface area (Å²) in [5.74, 6) is 1.82.